The first kappa shape index (κ1) is 13.7. The maximum atomic E-state index is 13.1. The quantitative estimate of drug-likeness (QED) is 0.897. The molecule has 0 aliphatic heterocycles. The van der Waals surface area contributed by atoms with Crippen LogP contribution in [0.2, 0.25) is 0 Å². The molecule has 0 saturated carbocycles. The molecule has 2 rings (SSSR count). The minimum absolute atomic E-state index is 0.116. The molecule has 1 unspecified atom stereocenters. The molecule has 0 fully saturated rings. The molecule has 1 aromatic carbocycles. The standard InChI is InChI=1S/C14H17F2N3/c1-17-14(6-11-8-18-19(2)9-11)5-10-3-12(15)7-13(16)4-10/h3-4,7-9,14,17H,5-6H2,1-2H3. The number of hydrogen-bond acceptors (Lipinski definition) is 2. The van der Waals surface area contributed by atoms with Crippen LogP contribution in [-0.2, 0) is 19.9 Å². The van der Waals surface area contributed by atoms with E-state index in [2.05, 4.69) is 10.4 Å². The van der Waals surface area contributed by atoms with Crippen LogP contribution in [0.5, 0.6) is 0 Å². The Bertz CT molecular complexity index is 531. The SMILES string of the molecule is CNC(Cc1cc(F)cc(F)c1)Cc1cnn(C)c1. The van der Waals surface area contributed by atoms with E-state index in [0.717, 1.165) is 18.1 Å². The maximum absolute atomic E-state index is 13.1. The lowest BCUT2D eigenvalue weighted by atomic mass is 10.0. The summed E-state index contributed by atoms with van der Waals surface area (Å²) in [5.41, 5.74) is 1.75. The summed E-state index contributed by atoms with van der Waals surface area (Å²) in [6.45, 7) is 0. The average Bonchev–Trinajstić information content (AvgIpc) is 2.72. The lowest BCUT2D eigenvalue weighted by Crippen LogP contribution is -2.29. The van der Waals surface area contributed by atoms with Crippen LogP contribution in [0.25, 0.3) is 0 Å². The number of benzene rings is 1. The number of likely N-dealkylation sites (N-methyl/N-ethyl adjacent to an activating group) is 1. The van der Waals surface area contributed by atoms with Gasteiger partial charge < -0.3 is 5.32 Å². The summed E-state index contributed by atoms with van der Waals surface area (Å²) in [6, 6.07) is 3.75. The molecule has 0 radical (unpaired) electrons. The molecule has 3 nitrogen and oxygen atoms in total. The van der Waals surface area contributed by atoms with Gasteiger partial charge in [-0.25, -0.2) is 8.78 Å². The van der Waals surface area contributed by atoms with Crippen LogP contribution in [0.1, 0.15) is 11.1 Å². The van der Waals surface area contributed by atoms with Gasteiger partial charge in [-0.2, -0.15) is 5.10 Å². The first-order valence-electron chi connectivity index (χ1n) is 6.16. The van der Waals surface area contributed by atoms with Crippen molar-refractivity contribution in [2.24, 2.45) is 7.05 Å². The first-order valence-corrected chi connectivity index (χ1v) is 6.16. The van der Waals surface area contributed by atoms with Crippen molar-refractivity contribution in [2.75, 3.05) is 7.05 Å². The summed E-state index contributed by atoms with van der Waals surface area (Å²) in [5.74, 6) is -1.07. The van der Waals surface area contributed by atoms with Gasteiger partial charge in [0.25, 0.3) is 0 Å². The number of hydrogen-bond donors (Lipinski definition) is 1. The predicted molar refractivity (Wildman–Crippen MR) is 69.8 cm³/mol. The Morgan fingerprint density at radius 3 is 2.32 bits per heavy atom. The summed E-state index contributed by atoms with van der Waals surface area (Å²) in [6.07, 6.45) is 5.08. The van der Waals surface area contributed by atoms with Crippen LogP contribution < -0.4 is 5.32 Å². The normalized spacial score (nSPS) is 12.6. The molecule has 0 amide bonds. The van der Waals surface area contributed by atoms with Crippen molar-refractivity contribution >= 4 is 0 Å². The fourth-order valence-corrected chi connectivity index (χ4v) is 2.15. The largest absolute Gasteiger partial charge is 0.316 e. The summed E-state index contributed by atoms with van der Waals surface area (Å²) in [7, 11) is 3.70. The van der Waals surface area contributed by atoms with Gasteiger partial charge in [0.1, 0.15) is 11.6 Å². The van der Waals surface area contributed by atoms with Crippen molar-refractivity contribution in [1.82, 2.24) is 15.1 Å². The summed E-state index contributed by atoms with van der Waals surface area (Å²) in [4.78, 5) is 0. The Balaban J connectivity index is 2.06. The molecule has 1 atom stereocenters. The fourth-order valence-electron chi connectivity index (χ4n) is 2.15. The molecule has 19 heavy (non-hydrogen) atoms. The predicted octanol–water partition coefficient (Wildman–Crippen LogP) is 2.07. The fraction of sp³-hybridized carbons (Fsp3) is 0.357. The molecule has 1 heterocycles. The minimum Gasteiger partial charge on any atom is -0.316 e. The van der Waals surface area contributed by atoms with Crippen molar-refractivity contribution in [1.29, 1.82) is 0 Å². The van der Waals surface area contributed by atoms with Crippen molar-refractivity contribution < 1.29 is 8.78 Å². The molecule has 0 bridgehead atoms. The van der Waals surface area contributed by atoms with Gasteiger partial charge in [0.2, 0.25) is 0 Å². The summed E-state index contributed by atoms with van der Waals surface area (Å²) < 4.78 is 28.0. The lowest BCUT2D eigenvalue weighted by molar-refractivity contribution is 0.543. The second-order valence-electron chi connectivity index (χ2n) is 4.69. The zero-order valence-electron chi connectivity index (χ0n) is 11.0. The molecule has 0 spiro atoms. The van der Waals surface area contributed by atoms with Gasteiger partial charge in [0.15, 0.2) is 0 Å². The van der Waals surface area contributed by atoms with Crippen LogP contribution in [0.4, 0.5) is 8.78 Å². The highest BCUT2D eigenvalue weighted by Gasteiger charge is 2.11. The molecular formula is C14H17F2N3. The Morgan fingerprint density at radius 1 is 1.16 bits per heavy atom. The molecule has 0 aliphatic rings. The van der Waals surface area contributed by atoms with E-state index in [-0.39, 0.29) is 6.04 Å². The third-order valence-corrected chi connectivity index (χ3v) is 3.05. The summed E-state index contributed by atoms with van der Waals surface area (Å²) >= 11 is 0. The van der Waals surface area contributed by atoms with Gasteiger partial charge in [-0.15, -0.1) is 0 Å². The number of aromatic nitrogens is 2. The van der Waals surface area contributed by atoms with Gasteiger partial charge >= 0.3 is 0 Å². The topological polar surface area (TPSA) is 29.9 Å². The van der Waals surface area contributed by atoms with Crippen molar-refractivity contribution in [2.45, 2.75) is 18.9 Å². The lowest BCUT2D eigenvalue weighted by Gasteiger charge is -2.15. The van der Waals surface area contributed by atoms with Crippen molar-refractivity contribution in [3.8, 4) is 0 Å². The smallest absolute Gasteiger partial charge is 0.126 e. The van der Waals surface area contributed by atoms with E-state index < -0.39 is 11.6 Å². The van der Waals surface area contributed by atoms with Crippen LogP contribution in [0.15, 0.2) is 30.6 Å². The number of aryl methyl sites for hydroxylation is 1. The van der Waals surface area contributed by atoms with Gasteiger partial charge in [0.05, 0.1) is 6.20 Å². The molecule has 5 heteroatoms. The second kappa shape index (κ2) is 5.93. The van der Waals surface area contributed by atoms with Gasteiger partial charge in [-0.1, -0.05) is 0 Å². The molecule has 1 N–H and O–H groups in total. The molecular weight excluding hydrogens is 248 g/mol. The number of rotatable bonds is 5. The third kappa shape index (κ3) is 3.86. The Morgan fingerprint density at radius 2 is 1.79 bits per heavy atom. The van der Waals surface area contributed by atoms with Gasteiger partial charge in [-0.05, 0) is 43.1 Å². The highest BCUT2D eigenvalue weighted by Crippen LogP contribution is 2.12. The van der Waals surface area contributed by atoms with E-state index in [1.165, 1.54) is 12.1 Å². The molecule has 1 aromatic heterocycles. The number of nitrogens with one attached hydrogen (secondary N) is 1. The van der Waals surface area contributed by atoms with Crippen molar-refractivity contribution in [3.63, 3.8) is 0 Å². The summed E-state index contributed by atoms with van der Waals surface area (Å²) in [5, 5.41) is 7.27. The molecule has 0 saturated heterocycles. The third-order valence-electron chi connectivity index (χ3n) is 3.05. The minimum atomic E-state index is -0.536. The van der Waals surface area contributed by atoms with E-state index in [1.807, 2.05) is 20.3 Å². The first-order chi connectivity index (χ1) is 9.06. The zero-order valence-corrected chi connectivity index (χ0v) is 11.0. The van der Waals surface area contributed by atoms with E-state index >= 15 is 0 Å². The monoisotopic (exact) mass is 265 g/mol. The Kier molecular flexibility index (Phi) is 4.27. The van der Waals surface area contributed by atoms with Crippen LogP contribution in [0.3, 0.4) is 0 Å². The highest BCUT2D eigenvalue weighted by molar-refractivity contribution is 5.20. The number of halogens is 2. The van der Waals surface area contributed by atoms with Crippen LogP contribution >= 0.6 is 0 Å². The van der Waals surface area contributed by atoms with E-state index in [0.29, 0.717) is 12.0 Å². The van der Waals surface area contributed by atoms with E-state index in [4.69, 9.17) is 0 Å². The van der Waals surface area contributed by atoms with Gasteiger partial charge in [0, 0.05) is 25.4 Å². The Hall–Kier alpha value is -1.75. The van der Waals surface area contributed by atoms with Gasteiger partial charge in [-0.3, -0.25) is 4.68 Å². The average molecular weight is 265 g/mol. The molecule has 0 aliphatic carbocycles. The van der Waals surface area contributed by atoms with Crippen LogP contribution in [0, 0.1) is 11.6 Å². The molecule has 2 aromatic rings. The highest BCUT2D eigenvalue weighted by atomic mass is 19.1. The number of nitrogens with zero attached hydrogens (tertiary/aromatic N) is 2. The van der Waals surface area contributed by atoms with E-state index in [9.17, 15) is 8.78 Å². The van der Waals surface area contributed by atoms with E-state index in [1.54, 1.807) is 10.9 Å². The Labute approximate surface area is 111 Å². The second-order valence-corrected chi connectivity index (χ2v) is 4.69. The van der Waals surface area contributed by atoms with Crippen LogP contribution in [-0.4, -0.2) is 22.9 Å². The molecule has 102 valence electrons. The maximum Gasteiger partial charge on any atom is 0.126 e. The van der Waals surface area contributed by atoms with Crippen molar-refractivity contribution in [3.05, 3.63) is 53.4 Å². The zero-order chi connectivity index (χ0) is 13.8.